The number of benzene rings is 2. The lowest BCUT2D eigenvalue weighted by atomic mass is 9.76. The van der Waals surface area contributed by atoms with E-state index in [9.17, 15) is 9.59 Å². The van der Waals surface area contributed by atoms with Crippen molar-refractivity contribution in [2.45, 2.75) is 64.7 Å². The molecule has 304 valence electrons. The number of halogens is 1. The number of piperidine rings is 2. The third-order valence-corrected chi connectivity index (χ3v) is 12.3. The number of likely N-dealkylation sites (tertiary alicyclic amines) is 2. The first-order valence-corrected chi connectivity index (χ1v) is 21.3. The molecule has 0 spiro atoms. The molecule has 58 heavy (non-hydrogen) atoms. The molecule has 0 bridgehead atoms. The van der Waals surface area contributed by atoms with Crippen LogP contribution < -0.4 is 0 Å². The molecule has 2 saturated heterocycles. The fraction of sp³-hybridized carbons (Fsp3) is 0.417. The standard InChI is InChI=1S/C24H27ClN2O2.C24H29N3O2/c1-3-16-14-20-19(15-21(16)25)8-7-18-6-5-11-26-23(18)22(20)17-9-12-27(13-10-17)24(28)29-4-2;1-26(2)16-17-29-24(28)27-14-11-19(12-15-27)22-21-8-4-3-6-18(21)9-10-20-7-5-13-25-23(20)22/h5-8,11,14-15,17,22H,3-4,9-10,12-13H2,1-2H3;3-8,13H,9-12,14-17H2,1-2H3. The number of carbonyl (C=O) groups excluding carboxylic acids is 2. The number of ether oxygens (including phenoxy) is 2. The van der Waals surface area contributed by atoms with Crippen LogP contribution in [0.3, 0.4) is 0 Å². The topological polar surface area (TPSA) is 88.1 Å². The smallest absolute Gasteiger partial charge is 0.409 e. The maximum Gasteiger partial charge on any atom is 0.409 e. The van der Waals surface area contributed by atoms with E-state index in [2.05, 4.69) is 67.6 Å². The Balaban J connectivity index is 0.000000177. The molecule has 2 aromatic carbocycles. The first kappa shape index (κ1) is 41.2. The third kappa shape index (κ3) is 9.32. The van der Waals surface area contributed by atoms with Gasteiger partial charge in [0.25, 0.3) is 0 Å². The molecule has 2 amide bonds. The van der Waals surface area contributed by atoms with Crippen molar-refractivity contribution in [2.75, 3.05) is 60.0 Å². The van der Waals surface area contributed by atoms with Gasteiger partial charge in [0.15, 0.2) is 0 Å². The summed E-state index contributed by atoms with van der Waals surface area (Å²) in [5.74, 6) is 0.613. The van der Waals surface area contributed by atoms with Crippen molar-refractivity contribution in [1.29, 1.82) is 0 Å². The van der Waals surface area contributed by atoms with Gasteiger partial charge in [-0.15, -0.1) is 0 Å². The van der Waals surface area contributed by atoms with Crippen molar-refractivity contribution in [2.24, 2.45) is 5.92 Å². The largest absolute Gasteiger partial charge is 0.450 e. The predicted octanol–water partition coefficient (Wildman–Crippen LogP) is 9.56. The summed E-state index contributed by atoms with van der Waals surface area (Å²) in [4.78, 5) is 39.8. The number of likely N-dealkylation sites (N-methyl/N-ethyl adjacent to an activating group) is 1. The van der Waals surface area contributed by atoms with Gasteiger partial charge in [-0.2, -0.15) is 0 Å². The van der Waals surface area contributed by atoms with E-state index in [4.69, 9.17) is 31.0 Å². The van der Waals surface area contributed by atoms with Gasteiger partial charge in [0.05, 0.1) is 18.0 Å². The van der Waals surface area contributed by atoms with Gasteiger partial charge in [-0.1, -0.05) is 78.7 Å². The first-order valence-electron chi connectivity index (χ1n) is 20.9. The lowest BCUT2D eigenvalue weighted by Gasteiger charge is -2.36. The maximum absolute atomic E-state index is 12.4. The number of pyridine rings is 2. The Morgan fingerprint density at radius 2 is 1.47 bits per heavy atom. The van der Waals surface area contributed by atoms with E-state index in [1.54, 1.807) is 0 Å². The SMILES string of the molecule is CCOC(=O)N1CCC(C2c3cc(CC)c(Cl)cc3C=Cc3cccnc32)CC1.CN(C)CCOC(=O)N1CCC(=C2c3ccccc3CCc3cccnc32)CC1. The average Bonchev–Trinajstić information content (AvgIpc) is 3.51. The third-order valence-electron chi connectivity index (χ3n) is 11.9. The first-order chi connectivity index (χ1) is 28.2. The second-order valence-corrected chi connectivity index (χ2v) is 16.2. The molecular weight excluding hydrogens is 746 g/mol. The van der Waals surface area contributed by atoms with E-state index in [0.29, 0.717) is 32.2 Å². The van der Waals surface area contributed by atoms with Crippen molar-refractivity contribution in [3.63, 3.8) is 0 Å². The number of aryl methyl sites for hydroxylation is 3. The zero-order chi connectivity index (χ0) is 40.6. The normalized spacial score (nSPS) is 17.5. The predicted molar refractivity (Wildman–Crippen MR) is 232 cm³/mol. The lowest BCUT2D eigenvalue weighted by molar-refractivity contribution is 0.0898. The van der Waals surface area contributed by atoms with Crippen molar-refractivity contribution in [3.8, 4) is 0 Å². The molecule has 4 heterocycles. The van der Waals surface area contributed by atoms with Crippen LogP contribution in [0.4, 0.5) is 9.59 Å². The minimum atomic E-state index is -0.201. The number of amides is 2. The maximum atomic E-state index is 12.4. The van der Waals surface area contributed by atoms with Crippen molar-refractivity contribution in [3.05, 3.63) is 134 Å². The highest BCUT2D eigenvalue weighted by molar-refractivity contribution is 6.31. The van der Waals surface area contributed by atoms with E-state index < -0.39 is 0 Å². The van der Waals surface area contributed by atoms with Crippen LogP contribution in [-0.2, 0) is 28.7 Å². The molecule has 2 aliphatic carbocycles. The van der Waals surface area contributed by atoms with Crippen LogP contribution in [0.15, 0.2) is 78.6 Å². The summed E-state index contributed by atoms with van der Waals surface area (Å²) in [5, 5.41) is 0.825. The Hall–Kier alpha value is -4.99. The van der Waals surface area contributed by atoms with Crippen LogP contribution in [0.25, 0.3) is 17.7 Å². The Kier molecular flexibility index (Phi) is 13.6. The molecule has 8 rings (SSSR count). The van der Waals surface area contributed by atoms with Crippen LogP contribution in [-0.4, -0.2) is 96.9 Å². The number of hydrogen-bond acceptors (Lipinski definition) is 7. The number of hydrogen-bond donors (Lipinski definition) is 0. The van der Waals surface area contributed by atoms with Crippen LogP contribution in [0.1, 0.15) is 95.8 Å². The summed E-state index contributed by atoms with van der Waals surface area (Å²) >= 11 is 6.54. The molecule has 1 unspecified atom stereocenters. The second-order valence-electron chi connectivity index (χ2n) is 15.8. The molecule has 1 atom stereocenters. The summed E-state index contributed by atoms with van der Waals surface area (Å²) < 4.78 is 10.6. The highest BCUT2D eigenvalue weighted by Crippen LogP contribution is 2.44. The van der Waals surface area contributed by atoms with E-state index in [1.807, 2.05) is 60.2 Å². The van der Waals surface area contributed by atoms with Gasteiger partial charge in [-0.05, 0) is 129 Å². The minimum absolute atomic E-state index is 0.197. The van der Waals surface area contributed by atoms with Gasteiger partial charge >= 0.3 is 12.2 Å². The summed E-state index contributed by atoms with van der Waals surface area (Å²) in [6.07, 6.45) is 14.2. The zero-order valence-electron chi connectivity index (χ0n) is 34.4. The van der Waals surface area contributed by atoms with Gasteiger partial charge in [0.1, 0.15) is 6.61 Å². The van der Waals surface area contributed by atoms with Crippen LogP contribution in [0.2, 0.25) is 5.02 Å². The molecule has 10 heteroatoms. The van der Waals surface area contributed by atoms with Gasteiger partial charge in [0.2, 0.25) is 0 Å². The zero-order valence-corrected chi connectivity index (χ0v) is 35.1. The Labute approximate surface area is 348 Å². The van der Waals surface area contributed by atoms with E-state index in [1.165, 1.54) is 44.5 Å². The lowest BCUT2D eigenvalue weighted by Crippen LogP contribution is -2.40. The molecule has 9 nitrogen and oxygen atoms in total. The number of fused-ring (bicyclic) bond motifs is 4. The quantitative estimate of drug-likeness (QED) is 0.192. The number of rotatable bonds is 6. The number of nitrogens with zero attached hydrogens (tertiary/aromatic N) is 5. The molecule has 4 aromatic rings. The molecule has 2 fully saturated rings. The van der Waals surface area contributed by atoms with Crippen molar-refractivity contribution in [1.82, 2.24) is 24.7 Å². The molecular formula is C48H56ClN5O4. The fourth-order valence-electron chi connectivity index (χ4n) is 8.82. The van der Waals surface area contributed by atoms with Gasteiger partial charge in [0, 0.05) is 61.6 Å². The summed E-state index contributed by atoms with van der Waals surface area (Å²) in [5.41, 5.74) is 13.7. The summed E-state index contributed by atoms with van der Waals surface area (Å²) in [6.45, 7) is 8.41. The van der Waals surface area contributed by atoms with Gasteiger partial charge < -0.3 is 24.2 Å². The monoisotopic (exact) mass is 801 g/mol. The molecule has 0 radical (unpaired) electrons. The average molecular weight is 802 g/mol. The number of carbonyl (C=O) groups is 2. The molecule has 2 aromatic heterocycles. The highest BCUT2D eigenvalue weighted by atomic mass is 35.5. The molecule has 2 aliphatic heterocycles. The Morgan fingerprint density at radius 1 is 0.793 bits per heavy atom. The van der Waals surface area contributed by atoms with Crippen molar-refractivity contribution < 1.29 is 19.1 Å². The fourth-order valence-corrected chi connectivity index (χ4v) is 9.13. The van der Waals surface area contributed by atoms with Crippen LogP contribution >= 0.6 is 11.6 Å². The van der Waals surface area contributed by atoms with E-state index >= 15 is 0 Å². The summed E-state index contributed by atoms with van der Waals surface area (Å²) in [6, 6.07) is 21.4. The molecule has 0 saturated carbocycles. The Bertz CT molecular complexity index is 2100. The van der Waals surface area contributed by atoms with E-state index in [-0.39, 0.29) is 18.1 Å². The van der Waals surface area contributed by atoms with Gasteiger partial charge in [-0.25, -0.2) is 9.59 Å². The highest BCUT2D eigenvalue weighted by Gasteiger charge is 2.35. The van der Waals surface area contributed by atoms with Crippen LogP contribution in [0, 0.1) is 5.92 Å². The van der Waals surface area contributed by atoms with Crippen LogP contribution in [0.5, 0.6) is 0 Å². The summed E-state index contributed by atoms with van der Waals surface area (Å²) in [7, 11) is 3.95. The number of aromatic nitrogens is 2. The molecule has 0 N–H and O–H groups in total. The Morgan fingerprint density at radius 3 is 2.22 bits per heavy atom. The van der Waals surface area contributed by atoms with Gasteiger partial charge in [-0.3, -0.25) is 9.97 Å². The van der Waals surface area contributed by atoms with Crippen molar-refractivity contribution >= 4 is 41.5 Å². The molecule has 4 aliphatic rings. The second kappa shape index (κ2) is 19.2. The van der Waals surface area contributed by atoms with E-state index in [0.717, 1.165) is 86.6 Å². The minimum Gasteiger partial charge on any atom is -0.450 e.